The number of aromatic nitrogens is 2. The van der Waals surface area contributed by atoms with Gasteiger partial charge in [-0.2, -0.15) is 0 Å². The lowest BCUT2D eigenvalue weighted by molar-refractivity contribution is 0.909. The van der Waals surface area contributed by atoms with E-state index < -0.39 is 0 Å². The highest BCUT2D eigenvalue weighted by molar-refractivity contribution is 5.85. The van der Waals surface area contributed by atoms with Crippen molar-refractivity contribution in [1.82, 2.24) is 9.38 Å². The van der Waals surface area contributed by atoms with Crippen molar-refractivity contribution < 1.29 is 0 Å². The van der Waals surface area contributed by atoms with Gasteiger partial charge in [-0.05, 0) is 44.9 Å². The second-order valence-electron chi connectivity index (χ2n) is 4.20. The van der Waals surface area contributed by atoms with Crippen LogP contribution in [0.5, 0.6) is 0 Å². The summed E-state index contributed by atoms with van der Waals surface area (Å²) in [5.74, 6) is 0. The Morgan fingerprint density at radius 1 is 1.24 bits per heavy atom. The van der Waals surface area contributed by atoms with E-state index in [1.165, 1.54) is 0 Å². The Hall–Kier alpha value is -1.35. The molecule has 0 radical (unpaired) electrons. The molecule has 0 aliphatic rings. The molecule has 3 nitrogen and oxygen atoms in total. The molecule has 2 heterocycles. The van der Waals surface area contributed by atoms with Crippen LogP contribution in [-0.4, -0.2) is 9.38 Å². The fourth-order valence-electron chi connectivity index (χ4n) is 2.17. The summed E-state index contributed by atoms with van der Waals surface area (Å²) in [6.07, 6.45) is 0.730. The molecule has 0 aliphatic carbocycles. The lowest BCUT2D eigenvalue weighted by Gasteiger charge is -2.09. The number of hydrogen-bond acceptors (Lipinski definition) is 2. The molecule has 0 amide bonds. The van der Waals surface area contributed by atoms with Gasteiger partial charge in [-0.15, -0.1) is 12.4 Å². The Morgan fingerprint density at radius 2 is 1.88 bits per heavy atom. The third-order valence-corrected chi connectivity index (χ3v) is 2.91. The van der Waals surface area contributed by atoms with Crippen LogP contribution < -0.4 is 5.56 Å². The largest absolute Gasteiger partial charge is 0.269 e. The van der Waals surface area contributed by atoms with E-state index in [-0.39, 0.29) is 18.0 Å². The van der Waals surface area contributed by atoms with Crippen molar-refractivity contribution >= 4 is 18.1 Å². The zero-order valence-corrected chi connectivity index (χ0v) is 11.4. The molecular formula is C13H17ClN2O. The molecule has 0 spiro atoms. The van der Waals surface area contributed by atoms with Crippen molar-refractivity contribution in [3.8, 4) is 0 Å². The number of rotatable bonds is 1. The van der Waals surface area contributed by atoms with Crippen LogP contribution in [0.2, 0.25) is 0 Å². The molecule has 0 N–H and O–H groups in total. The van der Waals surface area contributed by atoms with Crippen LogP contribution in [0.1, 0.15) is 29.4 Å². The van der Waals surface area contributed by atoms with E-state index in [4.69, 9.17) is 0 Å². The summed E-state index contributed by atoms with van der Waals surface area (Å²) in [5.41, 5.74) is 4.55. The number of fused-ring (bicyclic) bond motifs is 1. The van der Waals surface area contributed by atoms with Crippen molar-refractivity contribution in [2.24, 2.45) is 0 Å². The molecule has 0 aromatic carbocycles. The van der Waals surface area contributed by atoms with E-state index in [0.29, 0.717) is 0 Å². The summed E-state index contributed by atoms with van der Waals surface area (Å²) in [6.45, 7) is 7.85. The summed E-state index contributed by atoms with van der Waals surface area (Å²) >= 11 is 0. The predicted octanol–water partition coefficient (Wildman–Crippen LogP) is 2.60. The summed E-state index contributed by atoms with van der Waals surface area (Å²) in [4.78, 5) is 16.7. The van der Waals surface area contributed by atoms with Crippen LogP contribution in [0.3, 0.4) is 0 Å². The quantitative estimate of drug-likeness (QED) is 0.782. The summed E-state index contributed by atoms with van der Waals surface area (Å²) in [5, 5.41) is 0. The van der Waals surface area contributed by atoms with E-state index >= 15 is 0 Å². The fourth-order valence-corrected chi connectivity index (χ4v) is 2.17. The first-order valence-corrected chi connectivity index (χ1v) is 5.54. The van der Waals surface area contributed by atoms with Crippen molar-refractivity contribution in [3.63, 3.8) is 0 Å². The van der Waals surface area contributed by atoms with Crippen LogP contribution in [0.4, 0.5) is 0 Å². The van der Waals surface area contributed by atoms with Gasteiger partial charge in [0.1, 0.15) is 5.65 Å². The average Bonchev–Trinajstić information content (AvgIpc) is 2.15. The van der Waals surface area contributed by atoms with Crippen molar-refractivity contribution in [1.29, 1.82) is 0 Å². The Balaban J connectivity index is 0.00000144. The van der Waals surface area contributed by atoms with Crippen molar-refractivity contribution in [2.45, 2.75) is 34.1 Å². The Labute approximate surface area is 107 Å². The monoisotopic (exact) mass is 252 g/mol. The van der Waals surface area contributed by atoms with Gasteiger partial charge in [0.25, 0.3) is 5.56 Å². The Kier molecular flexibility index (Phi) is 3.94. The molecule has 2 aromatic heterocycles. The van der Waals surface area contributed by atoms with Gasteiger partial charge in [-0.3, -0.25) is 9.20 Å². The third kappa shape index (κ3) is 2.20. The molecule has 0 atom stereocenters. The van der Waals surface area contributed by atoms with E-state index in [1.807, 2.05) is 39.8 Å². The van der Waals surface area contributed by atoms with E-state index in [1.54, 1.807) is 4.40 Å². The number of nitrogens with zero attached hydrogens (tertiary/aromatic N) is 2. The first kappa shape index (κ1) is 13.7. The number of hydrogen-bond donors (Lipinski definition) is 0. The molecule has 0 aliphatic heterocycles. The van der Waals surface area contributed by atoms with Crippen LogP contribution in [0.25, 0.3) is 5.65 Å². The van der Waals surface area contributed by atoms with Gasteiger partial charge >= 0.3 is 0 Å². The van der Waals surface area contributed by atoms with E-state index in [2.05, 4.69) is 4.98 Å². The second-order valence-corrected chi connectivity index (χ2v) is 4.20. The number of halogens is 1. The summed E-state index contributed by atoms with van der Waals surface area (Å²) in [7, 11) is 0. The van der Waals surface area contributed by atoms with Gasteiger partial charge < -0.3 is 0 Å². The van der Waals surface area contributed by atoms with Gasteiger partial charge in [-0.1, -0.05) is 6.92 Å². The summed E-state index contributed by atoms with van der Waals surface area (Å²) < 4.78 is 1.69. The number of pyridine rings is 1. The van der Waals surface area contributed by atoms with Gasteiger partial charge in [-0.25, -0.2) is 4.98 Å². The highest BCUT2D eigenvalue weighted by Gasteiger charge is 2.09. The molecule has 92 valence electrons. The molecule has 0 bridgehead atoms. The molecule has 2 aromatic rings. The maximum absolute atomic E-state index is 12.2. The second kappa shape index (κ2) is 4.88. The molecule has 0 unspecified atom stereocenters. The molecule has 0 fully saturated rings. The smallest absolute Gasteiger partial charge is 0.261 e. The van der Waals surface area contributed by atoms with Crippen LogP contribution in [0.15, 0.2) is 16.9 Å². The van der Waals surface area contributed by atoms with Gasteiger partial charge in [0.15, 0.2) is 0 Å². The van der Waals surface area contributed by atoms with Gasteiger partial charge in [0.05, 0.1) is 0 Å². The Bertz CT molecular complexity index is 617. The van der Waals surface area contributed by atoms with Crippen molar-refractivity contribution in [3.05, 3.63) is 45.0 Å². The van der Waals surface area contributed by atoms with Crippen LogP contribution >= 0.6 is 12.4 Å². The average molecular weight is 253 g/mol. The first-order valence-electron chi connectivity index (χ1n) is 5.54. The molecule has 0 saturated carbocycles. The minimum absolute atomic E-state index is 0. The van der Waals surface area contributed by atoms with Crippen LogP contribution in [-0.2, 0) is 6.42 Å². The minimum atomic E-state index is 0. The molecular weight excluding hydrogens is 236 g/mol. The van der Waals surface area contributed by atoms with Crippen molar-refractivity contribution in [2.75, 3.05) is 0 Å². The van der Waals surface area contributed by atoms with Crippen LogP contribution in [0, 0.1) is 20.8 Å². The molecule has 2 rings (SSSR count). The highest BCUT2D eigenvalue weighted by atomic mass is 35.5. The maximum Gasteiger partial charge on any atom is 0.261 e. The molecule has 17 heavy (non-hydrogen) atoms. The fraction of sp³-hybridized carbons (Fsp3) is 0.385. The van der Waals surface area contributed by atoms with Gasteiger partial charge in [0, 0.05) is 17.0 Å². The van der Waals surface area contributed by atoms with E-state index in [0.717, 1.165) is 34.6 Å². The molecule has 4 heteroatoms. The third-order valence-electron chi connectivity index (χ3n) is 2.91. The topological polar surface area (TPSA) is 34.4 Å². The first-order chi connectivity index (χ1) is 7.54. The predicted molar refractivity (Wildman–Crippen MR) is 72.3 cm³/mol. The number of aryl methyl sites for hydroxylation is 3. The lowest BCUT2D eigenvalue weighted by Crippen LogP contribution is -2.22. The normalized spacial score (nSPS) is 10.4. The SMILES string of the molecule is CCc1c(C)nc2cc(C)cc(C)n2c1=O.Cl. The lowest BCUT2D eigenvalue weighted by atomic mass is 10.1. The van der Waals surface area contributed by atoms with E-state index in [9.17, 15) is 4.79 Å². The maximum atomic E-state index is 12.2. The zero-order chi connectivity index (χ0) is 11.9. The Morgan fingerprint density at radius 3 is 2.47 bits per heavy atom. The summed E-state index contributed by atoms with van der Waals surface area (Å²) in [6, 6.07) is 3.95. The standard InChI is InChI=1S/C13H16N2O.ClH/c1-5-11-10(4)14-12-7-8(2)6-9(3)15(12)13(11)16;/h6-7H,5H2,1-4H3;1H. The zero-order valence-electron chi connectivity index (χ0n) is 10.6. The molecule has 0 saturated heterocycles. The minimum Gasteiger partial charge on any atom is -0.269 e. The van der Waals surface area contributed by atoms with Gasteiger partial charge in [0.2, 0.25) is 0 Å². The highest BCUT2D eigenvalue weighted by Crippen LogP contribution is 2.09.